The summed E-state index contributed by atoms with van der Waals surface area (Å²) in [5.74, 6) is 1.51. The predicted octanol–water partition coefficient (Wildman–Crippen LogP) is 3.56. The van der Waals surface area contributed by atoms with E-state index in [1.54, 1.807) is 26.4 Å². The van der Waals surface area contributed by atoms with Gasteiger partial charge in [0.25, 0.3) is 0 Å². The molecule has 0 spiro atoms. The number of ether oxygens (including phenoxy) is 2. The normalized spacial score (nSPS) is 11.0. The van der Waals surface area contributed by atoms with Gasteiger partial charge in [0, 0.05) is 35.8 Å². The van der Waals surface area contributed by atoms with Gasteiger partial charge >= 0.3 is 0 Å². The minimum atomic E-state index is -0.109. The lowest BCUT2D eigenvalue weighted by Crippen LogP contribution is -2.23. The molecule has 0 radical (unpaired) electrons. The summed E-state index contributed by atoms with van der Waals surface area (Å²) in [5, 5.41) is 4.06. The zero-order valence-electron chi connectivity index (χ0n) is 14.9. The second-order valence-corrected chi connectivity index (χ2v) is 5.87. The number of amides is 1. The summed E-state index contributed by atoms with van der Waals surface area (Å²) in [6, 6.07) is 13.5. The molecule has 2 N–H and O–H groups in total. The Morgan fingerprint density at radius 3 is 2.54 bits per heavy atom. The van der Waals surface area contributed by atoms with Gasteiger partial charge in [-0.1, -0.05) is 12.1 Å². The number of carbonyl (C=O) groups excluding carboxylic acids is 1. The van der Waals surface area contributed by atoms with Gasteiger partial charge in [0.1, 0.15) is 11.5 Å². The Labute approximate surface area is 152 Å². The molecule has 0 bridgehead atoms. The van der Waals surface area contributed by atoms with E-state index >= 15 is 0 Å². The van der Waals surface area contributed by atoms with Gasteiger partial charge < -0.3 is 19.8 Å². The summed E-state index contributed by atoms with van der Waals surface area (Å²) in [6.45, 7) is 0.574. The van der Waals surface area contributed by atoms with Crippen molar-refractivity contribution in [2.75, 3.05) is 20.8 Å². The van der Waals surface area contributed by atoms with Crippen LogP contribution in [-0.2, 0) is 11.2 Å². The van der Waals surface area contributed by atoms with E-state index in [0.29, 0.717) is 6.54 Å². The molecule has 26 heavy (non-hydrogen) atoms. The highest BCUT2D eigenvalue weighted by atomic mass is 16.5. The number of nitrogens with one attached hydrogen (secondary N) is 2. The van der Waals surface area contributed by atoms with Crippen LogP contribution in [0, 0.1) is 0 Å². The maximum absolute atomic E-state index is 12.0. The highest BCUT2D eigenvalue weighted by molar-refractivity contribution is 5.91. The Bertz CT molecular complexity index is 911. The lowest BCUT2D eigenvalue weighted by atomic mass is 10.1. The molecule has 0 aliphatic heterocycles. The molecule has 0 aliphatic rings. The summed E-state index contributed by atoms with van der Waals surface area (Å²) in [6.07, 6.45) is 6.06. The average molecular weight is 350 g/mol. The van der Waals surface area contributed by atoms with Crippen molar-refractivity contribution in [2.45, 2.75) is 6.42 Å². The van der Waals surface area contributed by atoms with Crippen LogP contribution in [0.3, 0.4) is 0 Å². The summed E-state index contributed by atoms with van der Waals surface area (Å²) in [7, 11) is 3.28. The van der Waals surface area contributed by atoms with Crippen LogP contribution in [0.25, 0.3) is 17.0 Å². The van der Waals surface area contributed by atoms with Gasteiger partial charge in [0.15, 0.2) is 0 Å². The molecule has 5 nitrogen and oxygen atoms in total. The van der Waals surface area contributed by atoms with Crippen LogP contribution in [0.4, 0.5) is 0 Å². The minimum absolute atomic E-state index is 0.109. The number of benzene rings is 2. The van der Waals surface area contributed by atoms with Gasteiger partial charge in [0.2, 0.25) is 5.91 Å². The van der Waals surface area contributed by atoms with Crippen molar-refractivity contribution in [2.24, 2.45) is 0 Å². The number of H-pyrrole nitrogens is 1. The van der Waals surface area contributed by atoms with E-state index in [2.05, 4.69) is 10.3 Å². The molecule has 3 rings (SSSR count). The first-order chi connectivity index (χ1) is 12.7. The molecule has 0 saturated heterocycles. The number of fused-ring (bicyclic) bond motifs is 1. The quantitative estimate of drug-likeness (QED) is 0.641. The zero-order chi connectivity index (χ0) is 18.4. The number of hydrogen-bond acceptors (Lipinski definition) is 3. The molecule has 1 amide bonds. The van der Waals surface area contributed by atoms with Crippen molar-refractivity contribution >= 4 is 22.9 Å². The van der Waals surface area contributed by atoms with Gasteiger partial charge in [-0.05, 0) is 47.9 Å². The number of rotatable bonds is 7. The lowest BCUT2D eigenvalue weighted by Gasteiger charge is -2.03. The fourth-order valence-corrected chi connectivity index (χ4v) is 2.77. The number of aromatic amines is 1. The largest absolute Gasteiger partial charge is 0.497 e. The zero-order valence-corrected chi connectivity index (χ0v) is 14.9. The third-order valence-electron chi connectivity index (χ3n) is 4.21. The van der Waals surface area contributed by atoms with E-state index in [9.17, 15) is 4.79 Å². The van der Waals surface area contributed by atoms with Crippen LogP contribution in [0.2, 0.25) is 0 Å². The average Bonchev–Trinajstić information content (AvgIpc) is 3.09. The third-order valence-corrected chi connectivity index (χ3v) is 4.21. The molecule has 1 aromatic heterocycles. The predicted molar refractivity (Wildman–Crippen MR) is 104 cm³/mol. The summed E-state index contributed by atoms with van der Waals surface area (Å²) >= 11 is 0. The van der Waals surface area contributed by atoms with E-state index in [1.807, 2.05) is 48.7 Å². The Morgan fingerprint density at radius 2 is 1.81 bits per heavy atom. The maximum Gasteiger partial charge on any atom is 0.244 e. The fourth-order valence-electron chi connectivity index (χ4n) is 2.77. The van der Waals surface area contributed by atoms with E-state index < -0.39 is 0 Å². The van der Waals surface area contributed by atoms with Crippen molar-refractivity contribution in [3.05, 3.63) is 65.9 Å². The van der Waals surface area contributed by atoms with Crippen LogP contribution < -0.4 is 14.8 Å². The molecule has 0 fully saturated rings. The van der Waals surface area contributed by atoms with Gasteiger partial charge in [-0.25, -0.2) is 0 Å². The van der Waals surface area contributed by atoms with Crippen molar-refractivity contribution in [3.63, 3.8) is 0 Å². The standard InChI is InChI=1S/C21H22N2O3/c1-25-17-6-3-15(4-7-17)5-10-21(24)22-12-11-16-14-23-20-13-18(26-2)8-9-19(16)20/h3-10,13-14,23H,11-12H2,1-2H3,(H,22,24)/b10-5+. The molecule has 2 aromatic carbocycles. The van der Waals surface area contributed by atoms with Crippen LogP contribution in [0.1, 0.15) is 11.1 Å². The summed E-state index contributed by atoms with van der Waals surface area (Å²) < 4.78 is 10.3. The maximum atomic E-state index is 12.0. The number of hydrogen-bond donors (Lipinski definition) is 2. The lowest BCUT2D eigenvalue weighted by molar-refractivity contribution is -0.116. The van der Waals surface area contributed by atoms with Crippen LogP contribution in [-0.4, -0.2) is 31.7 Å². The van der Waals surface area contributed by atoms with Gasteiger partial charge in [-0.3, -0.25) is 4.79 Å². The smallest absolute Gasteiger partial charge is 0.244 e. The van der Waals surface area contributed by atoms with Crippen molar-refractivity contribution in [1.82, 2.24) is 10.3 Å². The Balaban J connectivity index is 1.52. The van der Waals surface area contributed by atoms with Crippen molar-refractivity contribution < 1.29 is 14.3 Å². The van der Waals surface area contributed by atoms with Gasteiger partial charge in [-0.2, -0.15) is 0 Å². The Kier molecular flexibility index (Phi) is 5.59. The summed E-state index contributed by atoms with van der Waals surface area (Å²) in [5.41, 5.74) is 3.15. The topological polar surface area (TPSA) is 63.3 Å². The molecule has 0 saturated carbocycles. The van der Waals surface area contributed by atoms with E-state index in [1.165, 1.54) is 5.56 Å². The molecule has 0 aliphatic carbocycles. The molecule has 5 heteroatoms. The van der Waals surface area contributed by atoms with Gasteiger partial charge in [0.05, 0.1) is 14.2 Å². The Hall–Kier alpha value is -3.21. The molecule has 0 unspecified atom stereocenters. The molecule has 3 aromatic rings. The minimum Gasteiger partial charge on any atom is -0.497 e. The summed E-state index contributed by atoms with van der Waals surface area (Å²) in [4.78, 5) is 15.2. The molecular weight excluding hydrogens is 328 g/mol. The van der Waals surface area contributed by atoms with E-state index in [4.69, 9.17) is 9.47 Å². The molecule has 0 atom stereocenters. The van der Waals surface area contributed by atoms with E-state index in [0.717, 1.165) is 34.4 Å². The van der Waals surface area contributed by atoms with Gasteiger partial charge in [-0.15, -0.1) is 0 Å². The molecular formula is C21H22N2O3. The second kappa shape index (κ2) is 8.25. The third kappa shape index (κ3) is 4.25. The first-order valence-electron chi connectivity index (χ1n) is 8.43. The van der Waals surface area contributed by atoms with Crippen LogP contribution in [0.15, 0.2) is 54.7 Å². The highest BCUT2D eigenvalue weighted by Crippen LogP contribution is 2.23. The Morgan fingerprint density at radius 1 is 1.08 bits per heavy atom. The fraction of sp³-hybridized carbons (Fsp3) is 0.190. The number of carbonyl (C=O) groups is 1. The van der Waals surface area contributed by atoms with Crippen molar-refractivity contribution in [1.29, 1.82) is 0 Å². The first-order valence-corrected chi connectivity index (χ1v) is 8.43. The SMILES string of the molecule is COc1ccc(/C=C/C(=O)NCCc2c[nH]c3cc(OC)ccc23)cc1. The second-order valence-electron chi connectivity index (χ2n) is 5.87. The van der Waals surface area contributed by atoms with Crippen LogP contribution in [0.5, 0.6) is 11.5 Å². The van der Waals surface area contributed by atoms with Crippen LogP contribution >= 0.6 is 0 Å². The molecule has 1 heterocycles. The monoisotopic (exact) mass is 350 g/mol. The number of methoxy groups -OCH3 is 2. The first kappa shape index (κ1) is 17.6. The van der Waals surface area contributed by atoms with Crippen molar-refractivity contribution in [3.8, 4) is 11.5 Å². The highest BCUT2D eigenvalue weighted by Gasteiger charge is 2.05. The number of aromatic nitrogens is 1. The molecule has 134 valence electrons. The van der Waals surface area contributed by atoms with E-state index in [-0.39, 0.29) is 5.91 Å².